The molecule has 1 fully saturated rings. The van der Waals surface area contributed by atoms with Crippen LogP contribution in [0.4, 0.5) is 14.6 Å². The van der Waals surface area contributed by atoms with Gasteiger partial charge in [-0.25, -0.2) is 13.8 Å². The first-order valence-corrected chi connectivity index (χ1v) is 10.1. The number of aryl methyl sites for hydroxylation is 1. The van der Waals surface area contributed by atoms with E-state index < -0.39 is 12.1 Å². The second-order valence-electron chi connectivity index (χ2n) is 6.95. The summed E-state index contributed by atoms with van der Waals surface area (Å²) in [5.74, 6) is 0.0911. The van der Waals surface area contributed by atoms with Crippen molar-refractivity contribution in [3.8, 4) is 6.07 Å². The van der Waals surface area contributed by atoms with Gasteiger partial charge in [-0.1, -0.05) is 17.7 Å². The van der Waals surface area contributed by atoms with Gasteiger partial charge in [0.2, 0.25) is 0 Å². The van der Waals surface area contributed by atoms with Gasteiger partial charge in [0.25, 0.3) is 6.43 Å². The number of ether oxygens (including phenoxy) is 1. The number of aliphatic imine (C=N–C) groups is 1. The predicted octanol–water partition coefficient (Wildman–Crippen LogP) is 3.15. The van der Waals surface area contributed by atoms with Crippen LogP contribution in [-0.2, 0) is 4.74 Å². The van der Waals surface area contributed by atoms with Gasteiger partial charge in [0.15, 0.2) is 5.65 Å². The molecule has 0 amide bonds. The van der Waals surface area contributed by atoms with Crippen LogP contribution in [0.1, 0.15) is 41.8 Å². The van der Waals surface area contributed by atoms with Crippen LogP contribution in [-0.4, -0.2) is 34.5 Å². The number of hydrogen-bond acceptors (Lipinski definition) is 6. The number of nitrogens with two attached hydrogens (primary N) is 1. The summed E-state index contributed by atoms with van der Waals surface area (Å²) in [7, 11) is 0. The molecule has 0 atom stereocenters. The highest BCUT2D eigenvalue weighted by atomic mass is 35.5. The number of aromatic nitrogens is 3. The van der Waals surface area contributed by atoms with Gasteiger partial charge in [-0.15, -0.1) is 0 Å². The summed E-state index contributed by atoms with van der Waals surface area (Å²) in [5, 5.41) is 14.9. The number of alkyl halides is 2. The van der Waals surface area contributed by atoms with Crippen LogP contribution in [0.25, 0.3) is 17.9 Å². The van der Waals surface area contributed by atoms with Crippen molar-refractivity contribution in [1.29, 1.82) is 5.26 Å². The molecule has 0 unspecified atom stereocenters. The number of nitriles is 1. The lowest BCUT2D eigenvalue weighted by atomic mass is 10.1. The summed E-state index contributed by atoms with van der Waals surface area (Å²) in [6, 6.07) is 6.89. The summed E-state index contributed by atoms with van der Waals surface area (Å²) in [6.07, 6.45) is 2.90. The Morgan fingerprint density at radius 2 is 2.06 bits per heavy atom. The third kappa shape index (κ3) is 4.93. The van der Waals surface area contributed by atoms with Gasteiger partial charge in [0.1, 0.15) is 23.1 Å². The van der Waals surface area contributed by atoms with Crippen molar-refractivity contribution in [2.24, 2.45) is 4.99 Å². The van der Waals surface area contributed by atoms with E-state index in [4.69, 9.17) is 22.1 Å². The molecule has 7 nitrogen and oxygen atoms in total. The number of hydrogen-bond donors (Lipinski definition) is 1. The Bertz CT molecular complexity index is 1300. The Morgan fingerprint density at radius 3 is 2.62 bits per heavy atom. The Morgan fingerprint density at radius 1 is 1.34 bits per heavy atom. The predicted molar refractivity (Wildman–Crippen MR) is 120 cm³/mol. The molecule has 10 heteroatoms. The fourth-order valence-electron chi connectivity index (χ4n) is 3.21. The zero-order chi connectivity index (χ0) is 23.3. The highest BCUT2D eigenvalue weighted by Gasteiger charge is 2.24. The summed E-state index contributed by atoms with van der Waals surface area (Å²) < 4.78 is 32.3. The maximum atomic E-state index is 13.2. The molecular formula is C22H21ClF2N6O. The molecule has 1 aliphatic heterocycles. The fourth-order valence-corrected chi connectivity index (χ4v) is 3.39. The molecule has 2 aromatic heterocycles. The summed E-state index contributed by atoms with van der Waals surface area (Å²) >= 11 is 6.01. The molecule has 1 aliphatic rings. The number of fused-ring (bicyclic) bond motifs is 1. The summed E-state index contributed by atoms with van der Waals surface area (Å²) in [5.41, 5.74) is 6.17. The van der Waals surface area contributed by atoms with Gasteiger partial charge in [-0.05, 0) is 49.9 Å². The number of anilines is 1. The van der Waals surface area contributed by atoms with Crippen LogP contribution >= 0.6 is 11.6 Å². The first-order valence-electron chi connectivity index (χ1n) is 9.75. The number of nitrogen functional groups attached to an aromatic ring is 1. The van der Waals surface area contributed by atoms with Crippen LogP contribution in [0.3, 0.4) is 0 Å². The summed E-state index contributed by atoms with van der Waals surface area (Å²) in [4.78, 5) is 8.01. The van der Waals surface area contributed by atoms with Crippen LogP contribution in [0.5, 0.6) is 0 Å². The topological polar surface area (TPSA) is 102 Å². The third-order valence-electron chi connectivity index (χ3n) is 4.78. The molecule has 0 bridgehead atoms. The van der Waals surface area contributed by atoms with Crippen molar-refractivity contribution >= 4 is 42.1 Å². The fraction of sp³-hybridized carbons (Fsp3) is 0.273. The molecule has 3 heterocycles. The second-order valence-corrected chi connectivity index (χ2v) is 7.39. The van der Waals surface area contributed by atoms with Gasteiger partial charge in [-0.2, -0.15) is 14.9 Å². The normalized spacial score (nSPS) is 14.5. The monoisotopic (exact) mass is 458 g/mol. The lowest BCUT2D eigenvalue weighted by molar-refractivity contribution is 0.145. The van der Waals surface area contributed by atoms with E-state index in [2.05, 4.69) is 21.8 Å². The average molecular weight is 459 g/mol. The van der Waals surface area contributed by atoms with E-state index in [1.807, 2.05) is 0 Å². The third-order valence-corrected chi connectivity index (χ3v) is 5.02. The van der Waals surface area contributed by atoms with Crippen LogP contribution in [0.15, 0.2) is 23.2 Å². The minimum absolute atomic E-state index is 0.00407. The van der Waals surface area contributed by atoms with Crippen molar-refractivity contribution < 1.29 is 13.5 Å². The number of rotatable bonds is 3. The van der Waals surface area contributed by atoms with Crippen molar-refractivity contribution in [2.75, 3.05) is 18.9 Å². The smallest absolute Gasteiger partial charge is 0.283 e. The lowest BCUT2D eigenvalue weighted by Crippen LogP contribution is -2.24. The molecule has 166 valence electrons. The largest absolute Gasteiger partial charge is 0.383 e. The average Bonchev–Trinajstić information content (AvgIpc) is 3.44. The molecule has 0 radical (unpaired) electrons. The zero-order valence-electron chi connectivity index (χ0n) is 17.4. The van der Waals surface area contributed by atoms with Gasteiger partial charge in [-0.3, -0.25) is 4.99 Å². The zero-order valence-corrected chi connectivity index (χ0v) is 18.1. The molecule has 4 rings (SSSR count). The molecule has 2 N–H and O–H groups in total. The van der Waals surface area contributed by atoms with Gasteiger partial charge < -0.3 is 10.5 Å². The Labute approximate surface area is 188 Å². The van der Waals surface area contributed by atoms with Crippen molar-refractivity contribution in [3.05, 3.63) is 56.2 Å². The van der Waals surface area contributed by atoms with Gasteiger partial charge in [0.05, 0.1) is 5.69 Å². The van der Waals surface area contributed by atoms with Crippen LogP contribution in [0, 0.1) is 18.3 Å². The molecule has 3 aromatic rings. The molecule has 1 saturated heterocycles. The molecule has 0 saturated carbocycles. The van der Waals surface area contributed by atoms with Gasteiger partial charge >= 0.3 is 0 Å². The van der Waals surface area contributed by atoms with Crippen molar-refractivity contribution in [3.63, 3.8) is 0 Å². The quantitative estimate of drug-likeness (QED) is 0.607. The van der Waals surface area contributed by atoms with E-state index >= 15 is 0 Å². The van der Waals surface area contributed by atoms with E-state index in [1.54, 1.807) is 37.3 Å². The SMILES string of the molecule is C1CCOC1.C=N/C=c1/cc(Cl)cc/c1=C\c1c(C)nc2c(C#N)c(C(F)F)nn2c1N. The van der Waals surface area contributed by atoms with Gasteiger partial charge in [0, 0.05) is 35.2 Å². The number of nitrogens with zero attached hydrogens (tertiary/aromatic N) is 5. The summed E-state index contributed by atoms with van der Waals surface area (Å²) in [6.45, 7) is 7.10. The second kappa shape index (κ2) is 10.3. The maximum Gasteiger partial charge on any atom is 0.283 e. The Kier molecular flexibility index (Phi) is 7.51. The van der Waals surface area contributed by atoms with Crippen LogP contribution in [0.2, 0.25) is 5.02 Å². The minimum atomic E-state index is -2.91. The first-order chi connectivity index (χ1) is 15.4. The molecule has 0 aliphatic carbocycles. The van der Waals surface area contributed by atoms with E-state index in [9.17, 15) is 14.0 Å². The van der Waals surface area contributed by atoms with E-state index in [0.717, 1.165) is 22.9 Å². The van der Waals surface area contributed by atoms with Crippen molar-refractivity contribution in [1.82, 2.24) is 14.6 Å². The standard InChI is InChI=1S/C18H13ClF2N6.C4H8O/c1-9-13(6-10-3-4-12(19)5-11(10)8-24-2)17(23)27-18(25-9)14(7-22)15(26-27)16(20)21;1-2-4-5-3-1/h3-6,8,16H,2,23H2,1H3;1-4H2/b10-6+,11-8-;. The van der Waals surface area contributed by atoms with E-state index in [-0.39, 0.29) is 17.0 Å². The molecular weight excluding hydrogens is 438 g/mol. The first kappa shape index (κ1) is 23.3. The van der Waals surface area contributed by atoms with E-state index in [0.29, 0.717) is 21.5 Å². The highest BCUT2D eigenvalue weighted by molar-refractivity contribution is 6.30. The van der Waals surface area contributed by atoms with E-state index in [1.165, 1.54) is 19.0 Å². The van der Waals surface area contributed by atoms with Crippen molar-refractivity contribution in [2.45, 2.75) is 26.2 Å². The molecule has 1 aromatic carbocycles. The number of halogens is 3. The number of benzene rings is 1. The Balaban J connectivity index is 0.000000509. The molecule has 32 heavy (non-hydrogen) atoms. The molecule has 0 spiro atoms. The van der Waals surface area contributed by atoms with Crippen LogP contribution < -0.4 is 16.2 Å². The lowest BCUT2D eigenvalue weighted by Gasteiger charge is -2.07. The minimum Gasteiger partial charge on any atom is -0.383 e. The highest BCUT2D eigenvalue weighted by Crippen LogP contribution is 2.27. The Hall–Kier alpha value is -3.35. The maximum absolute atomic E-state index is 13.2.